The highest BCUT2D eigenvalue weighted by molar-refractivity contribution is 7.92. The molecule has 0 heterocycles. The zero-order valence-electron chi connectivity index (χ0n) is 17.1. The summed E-state index contributed by atoms with van der Waals surface area (Å²) in [6.07, 6.45) is 0.968. The smallest absolute Gasteiger partial charge is 0.261 e. The first-order valence-corrected chi connectivity index (χ1v) is 12.0. The lowest BCUT2D eigenvalue weighted by Crippen LogP contribution is -2.23. The largest absolute Gasteiger partial charge is 0.279 e. The average molecular weight is 425 g/mol. The second-order valence-electron chi connectivity index (χ2n) is 7.18. The Hall–Kier alpha value is -1.90. The van der Waals surface area contributed by atoms with Crippen LogP contribution in [0, 0.1) is 13.8 Å². The maximum absolute atomic E-state index is 12.8. The molecule has 0 aromatic heterocycles. The van der Waals surface area contributed by atoms with Crippen LogP contribution in [-0.2, 0) is 20.0 Å². The Balaban J connectivity index is 2.45. The fraction of sp³-hybridized carbons (Fsp3) is 0.400. The van der Waals surface area contributed by atoms with Gasteiger partial charge in [0.05, 0.1) is 15.5 Å². The second-order valence-corrected chi connectivity index (χ2v) is 11.0. The number of rotatable bonds is 7. The molecule has 28 heavy (non-hydrogen) atoms. The van der Waals surface area contributed by atoms with Gasteiger partial charge in [0.15, 0.2) is 0 Å². The number of hydrogen-bond acceptors (Lipinski definition) is 4. The maximum Gasteiger partial charge on any atom is 0.261 e. The van der Waals surface area contributed by atoms with Crippen molar-refractivity contribution in [1.82, 2.24) is 4.31 Å². The first kappa shape index (κ1) is 22.4. The van der Waals surface area contributed by atoms with Crippen molar-refractivity contribution in [2.75, 3.05) is 18.8 Å². The Morgan fingerprint density at radius 1 is 0.964 bits per heavy atom. The van der Waals surface area contributed by atoms with Gasteiger partial charge in [0, 0.05) is 14.1 Å². The molecule has 1 N–H and O–H groups in total. The molecule has 0 aliphatic heterocycles. The van der Waals surface area contributed by atoms with Crippen molar-refractivity contribution in [3.63, 3.8) is 0 Å². The van der Waals surface area contributed by atoms with E-state index < -0.39 is 20.0 Å². The molecule has 0 aliphatic rings. The van der Waals surface area contributed by atoms with E-state index in [1.54, 1.807) is 32.0 Å². The van der Waals surface area contributed by atoms with E-state index >= 15 is 0 Å². The van der Waals surface area contributed by atoms with Gasteiger partial charge in [-0.2, -0.15) is 0 Å². The Bertz CT molecular complexity index is 1060. The molecular formula is C20H28N2O4S2. The Labute approximate surface area is 168 Å². The first-order valence-electron chi connectivity index (χ1n) is 9.06. The molecule has 2 aromatic rings. The van der Waals surface area contributed by atoms with Crippen LogP contribution >= 0.6 is 0 Å². The normalized spacial score (nSPS) is 13.5. The van der Waals surface area contributed by atoms with Crippen molar-refractivity contribution in [1.29, 1.82) is 0 Å². The predicted molar refractivity (Wildman–Crippen MR) is 113 cm³/mol. The topological polar surface area (TPSA) is 83.5 Å². The standard InChI is InChI=1S/C20H28N2O4S2/c1-7-14(2)17-8-10-18(11-9-17)27(23,24)21-20-13-19(12-15(3)16(20)4)28(25,26)22(5)6/h8-14,21H,7H2,1-6H3/t14-/m0/s1. The zero-order valence-corrected chi connectivity index (χ0v) is 18.8. The first-order chi connectivity index (χ1) is 12.9. The summed E-state index contributed by atoms with van der Waals surface area (Å²) in [5, 5.41) is 0. The SMILES string of the molecule is CC[C@H](C)c1ccc(S(=O)(=O)Nc2cc(S(=O)(=O)N(C)C)cc(C)c2C)cc1. The van der Waals surface area contributed by atoms with Gasteiger partial charge in [-0.15, -0.1) is 0 Å². The van der Waals surface area contributed by atoms with Crippen LogP contribution < -0.4 is 4.72 Å². The maximum atomic E-state index is 12.8. The van der Waals surface area contributed by atoms with Crippen LogP contribution in [0.1, 0.15) is 42.9 Å². The van der Waals surface area contributed by atoms with E-state index in [4.69, 9.17) is 0 Å². The van der Waals surface area contributed by atoms with Crippen LogP contribution in [0.4, 0.5) is 5.69 Å². The highest BCUT2D eigenvalue weighted by atomic mass is 32.2. The third-order valence-electron chi connectivity index (χ3n) is 5.04. The zero-order chi connectivity index (χ0) is 21.3. The van der Waals surface area contributed by atoms with Gasteiger partial charge in [0.2, 0.25) is 10.0 Å². The lowest BCUT2D eigenvalue weighted by Gasteiger charge is -2.17. The summed E-state index contributed by atoms with van der Waals surface area (Å²) in [5.41, 5.74) is 2.70. The van der Waals surface area contributed by atoms with E-state index in [-0.39, 0.29) is 15.5 Å². The average Bonchev–Trinajstić information content (AvgIpc) is 2.64. The molecule has 0 amide bonds. The molecule has 1 atom stereocenters. The van der Waals surface area contributed by atoms with Crippen LogP contribution in [-0.4, -0.2) is 35.2 Å². The van der Waals surface area contributed by atoms with Crippen LogP contribution in [0.5, 0.6) is 0 Å². The molecule has 6 nitrogen and oxygen atoms in total. The highest BCUT2D eigenvalue weighted by Gasteiger charge is 2.22. The lowest BCUT2D eigenvalue weighted by atomic mass is 9.99. The molecule has 2 aromatic carbocycles. The van der Waals surface area contributed by atoms with Gasteiger partial charge in [0.25, 0.3) is 10.0 Å². The molecule has 0 bridgehead atoms. The minimum Gasteiger partial charge on any atom is -0.279 e. The predicted octanol–water partition coefficient (Wildman–Crippen LogP) is 3.87. The lowest BCUT2D eigenvalue weighted by molar-refractivity contribution is 0.520. The van der Waals surface area contributed by atoms with Crippen molar-refractivity contribution < 1.29 is 16.8 Å². The van der Waals surface area contributed by atoms with Crippen molar-refractivity contribution in [3.05, 3.63) is 53.1 Å². The van der Waals surface area contributed by atoms with Crippen LogP contribution in [0.2, 0.25) is 0 Å². The molecule has 0 spiro atoms. The van der Waals surface area contributed by atoms with E-state index in [1.165, 1.54) is 20.2 Å². The van der Waals surface area contributed by atoms with Crippen molar-refractivity contribution in [3.8, 4) is 0 Å². The Kier molecular flexibility index (Phi) is 6.58. The summed E-state index contributed by atoms with van der Waals surface area (Å²) in [6, 6.07) is 9.69. The van der Waals surface area contributed by atoms with Gasteiger partial charge in [-0.3, -0.25) is 4.72 Å². The van der Waals surface area contributed by atoms with E-state index in [2.05, 4.69) is 18.6 Å². The number of aryl methyl sites for hydroxylation is 1. The van der Waals surface area contributed by atoms with Gasteiger partial charge in [0.1, 0.15) is 0 Å². The molecule has 154 valence electrons. The van der Waals surface area contributed by atoms with Crippen molar-refractivity contribution in [2.24, 2.45) is 0 Å². The molecule has 2 rings (SSSR count). The molecule has 0 unspecified atom stereocenters. The van der Waals surface area contributed by atoms with Crippen LogP contribution in [0.3, 0.4) is 0 Å². The van der Waals surface area contributed by atoms with Gasteiger partial charge < -0.3 is 0 Å². The highest BCUT2D eigenvalue weighted by Crippen LogP contribution is 2.28. The molecule has 8 heteroatoms. The van der Waals surface area contributed by atoms with E-state index in [0.717, 1.165) is 16.3 Å². The van der Waals surface area contributed by atoms with Crippen LogP contribution in [0.25, 0.3) is 0 Å². The quantitative estimate of drug-likeness (QED) is 0.731. The fourth-order valence-electron chi connectivity index (χ4n) is 2.71. The van der Waals surface area contributed by atoms with E-state index in [0.29, 0.717) is 17.0 Å². The summed E-state index contributed by atoms with van der Waals surface area (Å²) in [5.74, 6) is 0.350. The summed E-state index contributed by atoms with van der Waals surface area (Å²) in [4.78, 5) is 0.183. The summed E-state index contributed by atoms with van der Waals surface area (Å²) < 4.78 is 54.3. The van der Waals surface area contributed by atoms with Gasteiger partial charge in [-0.1, -0.05) is 26.0 Å². The molecule has 0 fully saturated rings. The van der Waals surface area contributed by atoms with E-state index in [1.807, 2.05) is 12.1 Å². The van der Waals surface area contributed by atoms with Gasteiger partial charge in [-0.05, 0) is 67.1 Å². The number of anilines is 1. The number of hydrogen-bond donors (Lipinski definition) is 1. The summed E-state index contributed by atoms with van der Waals surface area (Å²) in [7, 11) is -4.65. The minimum atomic E-state index is -3.84. The molecule has 0 radical (unpaired) electrons. The number of benzene rings is 2. The van der Waals surface area contributed by atoms with Gasteiger partial charge in [-0.25, -0.2) is 21.1 Å². The third kappa shape index (κ3) is 4.56. The third-order valence-corrected chi connectivity index (χ3v) is 8.21. The second kappa shape index (κ2) is 8.23. The monoisotopic (exact) mass is 424 g/mol. The molecule has 0 aliphatic carbocycles. The molecule has 0 saturated heterocycles. The van der Waals surface area contributed by atoms with Gasteiger partial charge >= 0.3 is 0 Å². The Morgan fingerprint density at radius 2 is 1.54 bits per heavy atom. The summed E-state index contributed by atoms with van der Waals surface area (Å²) >= 11 is 0. The minimum absolute atomic E-state index is 0.0467. The molecule has 0 saturated carbocycles. The Morgan fingerprint density at radius 3 is 2.04 bits per heavy atom. The molecular weight excluding hydrogens is 396 g/mol. The number of nitrogens with one attached hydrogen (secondary N) is 1. The number of nitrogens with zero attached hydrogens (tertiary/aromatic N) is 1. The van der Waals surface area contributed by atoms with Crippen molar-refractivity contribution in [2.45, 2.75) is 49.8 Å². The fourth-order valence-corrected chi connectivity index (χ4v) is 4.83. The summed E-state index contributed by atoms with van der Waals surface area (Å²) in [6.45, 7) is 7.68. The number of sulfonamides is 2. The van der Waals surface area contributed by atoms with E-state index in [9.17, 15) is 16.8 Å². The van der Waals surface area contributed by atoms with Crippen LogP contribution in [0.15, 0.2) is 46.2 Å². The van der Waals surface area contributed by atoms with Crippen molar-refractivity contribution >= 4 is 25.7 Å².